The maximum atomic E-state index is 3.19. The molecule has 0 amide bonds. The number of allylic oxidation sites excluding steroid dienone is 2. The summed E-state index contributed by atoms with van der Waals surface area (Å²) in [5.41, 5.74) is 0. The topological polar surface area (TPSA) is 0 Å². The van der Waals surface area contributed by atoms with Gasteiger partial charge in [0.2, 0.25) is 0 Å². The molecule has 1 heteroatoms. The van der Waals surface area contributed by atoms with Gasteiger partial charge in [-0.1, -0.05) is 0 Å². The van der Waals surface area contributed by atoms with Crippen molar-refractivity contribution in [2.24, 2.45) is 0 Å². The third-order valence-electron chi connectivity index (χ3n) is 0.480. The molecule has 0 saturated carbocycles. The van der Waals surface area contributed by atoms with Crippen molar-refractivity contribution in [1.29, 1.82) is 0 Å². The molecule has 0 atom stereocenters. The number of rotatable bonds is 0. The summed E-state index contributed by atoms with van der Waals surface area (Å²) in [6, 6.07) is 0. The Labute approximate surface area is 41.9 Å². The van der Waals surface area contributed by atoms with Crippen molar-refractivity contribution in [3.63, 3.8) is 0 Å². The van der Waals surface area contributed by atoms with E-state index < -0.39 is 0 Å². The maximum absolute atomic E-state index is 3.19. The average Bonchev–Trinajstić information content (AvgIpc) is 1.76. The van der Waals surface area contributed by atoms with Crippen LogP contribution in [0.2, 0.25) is 4.37 Å². The second-order valence-electron chi connectivity index (χ2n) is 0.872. The van der Waals surface area contributed by atoms with Crippen LogP contribution < -0.4 is 0 Å². The fourth-order valence-corrected chi connectivity index (χ4v) is 1.77. The summed E-state index contributed by atoms with van der Waals surface area (Å²) in [5.74, 6) is 0. The standard InChI is InChI=1S/C4H4.Sb/c1-3-4-2;/h3-4H,1H2;. The molecular weight excluding hydrogens is 170 g/mol. The zero-order valence-electron chi connectivity index (χ0n) is 2.81. The van der Waals surface area contributed by atoms with Crippen LogP contribution in [0.4, 0.5) is 0 Å². The van der Waals surface area contributed by atoms with E-state index in [1.54, 1.807) is 0 Å². The van der Waals surface area contributed by atoms with Crippen LogP contribution in [-0.4, -0.2) is 25.1 Å². The molecule has 1 radical (unpaired) electrons. The van der Waals surface area contributed by atoms with E-state index in [4.69, 9.17) is 0 Å². The number of hydrogen-bond donors (Lipinski definition) is 0. The van der Waals surface area contributed by atoms with Gasteiger partial charge < -0.3 is 0 Å². The molecule has 0 unspecified atom stereocenters. The fourth-order valence-electron chi connectivity index (χ4n) is 0.264. The third kappa shape index (κ3) is 0.886. The van der Waals surface area contributed by atoms with Gasteiger partial charge in [0.05, 0.1) is 0 Å². The molecule has 0 aliphatic carbocycles. The molecule has 5 heavy (non-hydrogen) atoms. The minimum atomic E-state index is 0.106. The van der Waals surface area contributed by atoms with Crippen LogP contribution in [0.3, 0.4) is 0 Å². The van der Waals surface area contributed by atoms with Crippen molar-refractivity contribution in [1.82, 2.24) is 0 Å². The Balaban J connectivity index is 2.61. The van der Waals surface area contributed by atoms with E-state index in [9.17, 15) is 0 Å². The molecule has 0 N–H and O–H groups in total. The van der Waals surface area contributed by atoms with Crippen molar-refractivity contribution in [3.05, 3.63) is 12.2 Å². The molecule has 25 valence electrons. The van der Waals surface area contributed by atoms with Crippen LogP contribution in [-0.2, 0) is 0 Å². The summed E-state index contributed by atoms with van der Waals surface area (Å²) in [5, 5.41) is 0. The Hall–Kier alpha value is 0.428. The van der Waals surface area contributed by atoms with E-state index in [1.165, 1.54) is 4.37 Å². The summed E-state index contributed by atoms with van der Waals surface area (Å²) in [6.45, 7) is 0. The fraction of sp³-hybridized carbons (Fsp3) is 0.250. The van der Waals surface area contributed by atoms with Gasteiger partial charge in [-0.05, 0) is 0 Å². The van der Waals surface area contributed by atoms with E-state index in [0.717, 1.165) is 0 Å². The molecule has 0 fully saturated rings. The molecule has 0 aromatic carbocycles. The second kappa shape index (κ2) is 1.77. The first-order valence-corrected chi connectivity index (χ1v) is 4.65. The van der Waals surface area contributed by atoms with E-state index in [-0.39, 0.29) is 21.1 Å². The molecule has 0 nitrogen and oxygen atoms in total. The summed E-state index contributed by atoms with van der Waals surface area (Å²) in [4.78, 5) is 0. The Morgan fingerprint density at radius 2 is 2.80 bits per heavy atom. The predicted molar refractivity (Wildman–Crippen MR) is 24.7 cm³/mol. The van der Waals surface area contributed by atoms with Crippen molar-refractivity contribution >= 4 is 25.1 Å². The van der Waals surface area contributed by atoms with Gasteiger partial charge in [0, 0.05) is 0 Å². The van der Waals surface area contributed by atoms with E-state index in [2.05, 4.69) is 16.1 Å². The van der Waals surface area contributed by atoms with Gasteiger partial charge in [0.1, 0.15) is 0 Å². The van der Waals surface area contributed by atoms with Crippen molar-refractivity contribution < 1.29 is 0 Å². The Morgan fingerprint density at radius 1 is 1.80 bits per heavy atom. The Bertz CT molecular complexity index is 61.7. The molecule has 0 spiro atoms. The minimum absolute atomic E-state index is 0.106. The average molecular weight is 174 g/mol. The van der Waals surface area contributed by atoms with Gasteiger partial charge in [-0.15, -0.1) is 0 Å². The number of hydrogen-bond acceptors (Lipinski definition) is 0. The monoisotopic (exact) mass is 173 g/mol. The van der Waals surface area contributed by atoms with Gasteiger partial charge in [0.25, 0.3) is 0 Å². The van der Waals surface area contributed by atoms with Crippen LogP contribution in [0.5, 0.6) is 0 Å². The first-order valence-electron chi connectivity index (χ1n) is 1.57. The molecule has 1 heterocycles. The molecule has 0 aromatic rings. The summed E-state index contributed by atoms with van der Waals surface area (Å²) in [6.07, 6.45) is 4.24. The molecular formula is C4H4Sb. The Kier molecular flexibility index (Phi) is 1.28. The predicted octanol–water partition coefficient (Wildman–Crippen LogP) is 0.358. The summed E-state index contributed by atoms with van der Waals surface area (Å²) < 4.78 is 4.55. The first kappa shape index (κ1) is 3.61. The van der Waals surface area contributed by atoms with Crippen LogP contribution in [0, 0.1) is 0 Å². The van der Waals surface area contributed by atoms with Crippen molar-refractivity contribution in [2.45, 2.75) is 4.37 Å². The summed E-state index contributed by atoms with van der Waals surface area (Å²) in [7, 11) is 0. The Morgan fingerprint density at radius 3 is 3.00 bits per heavy atom. The summed E-state index contributed by atoms with van der Waals surface area (Å²) >= 11 is 0.106. The van der Waals surface area contributed by atoms with E-state index in [0.29, 0.717) is 0 Å². The molecule has 0 saturated heterocycles. The van der Waals surface area contributed by atoms with Crippen LogP contribution in [0.1, 0.15) is 0 Å². The van der Waals surface area contributed by atoms with Gasteiger partial charge in [-0.2, -0.15) is 0 Å². The van der Waals surface area contributed by atoms with Crippen LogP contribution in [0.25, 0.3) is 0 Å². The SMILES string of the molecule is [C]1=[Sb][CH2]C=C1. The van der Waals surface area contributed by atoms with Gasteiger partial charge in [-0.3, -0.25) is 0 Å². The first-order chi connectivity index (χ1) is 2.50. The quantitative estimate of drug-likeness (QED) is 0.465. The second-order valence-corrected chi connectivity index (χ2v) is 3.55. The third-order valence-corrected chi connectivity index (χ3v) is 2.55. The van der Waals surface area contributed by atoms with Gasteiger partial charge in [0.15, 0.2) is 0 Å². The zero-order valence-corrected chi connectivity index (χ0v) is 5.36. The molecule has 1 rings (SSSR count). The van der Waals surface area contributed by atoms with E-state index in [1.807, 2.05) is 0 Å². The molecule has 0 bridgehead atoms. The van der Waals surface area contributed by atoms with Crippen molar-refractivity contribution in [3.8, 4) is 0 Å². The molecule has 1 aliphatic heterocycles. The van der Waals surface area contributed by atoms with Gasteiger partial charge >= 0.3 is 41.6 Å². The normalized spacial score (nSPS) is 17.6. The molecule has 0 aromatic heterocycles. The van der Waals surface area contributed by atoms with E-state index >= 15 is 0 Å². The van der Waals surface area contributed by atoms with Crippen LogP contribution >= 0.6 is 0 Å². The van der Waals surface area contributed by atoms with Crippen molar-refractivity contribution in [2.75, 3.05) is 0 Å². The van der Waals surface area contributed by atoms with Gasteiger partial charge in [-0.25, -0.2) is 0 Å². The molecule has 1 aliphatic rings. The van der Waals surface area contributed by atoms with Crippen LogP contribution in [0.15, 0.2) is 12.2 Å². The zero-order chi connectivity index (χ0) is 3.54.